The zero-order chi connectivity index (χ0) is 22.7. The van der Waals surface area contributed by atoms with Crippen molar-refractivity contribution in [2.45, 2.75) is 43.6 Å². The molecule has 0 bridgehead atoms. The Hall–Kier alpha value is -2.43. The lowest BCUT2D eigenvalue weighted by Gasteiger charge is -2.41. The van der Waals surface area contributed by atoms with Gasteiger partial charge in [0.2, 0.25) is 0 Å². The summed E-state index contributed by atoms with van der Waals surface area (Å²) >= 11 is 0. The van der Waals surface area contributed by atoms with Gasteiger partial charge in [-0.15, -0.1) is 0 Å². The van der Waals surface area contributed by atoms with Crippen molar-refractivity contribution < 1.29 is 9.50 Å². The molecule has 10 heteroatoms. The highest BCUT2D eigenvalue weighted by Crippen LogP contribution is 2.33. The molecule has 1 fully saturated rings. The number of aliphatic hydroxyl groups is 1. The van der Waals surface area contributed by atoms with Crippen LogP contribution in [0.15, 0.2) is 29.0 Å². The summed E-state index contributed by atoms with van der Waals surface area (Å²) in [5.74, 6) is -0.498. The molecule has 1 saturated heterocycles. The fourth-order valence-corrected chi connectivity index (χ4v) is 4.76. The first-order valence-electron chi connectivity index (χ1n) is 11.3. The Morgan fingerprint density at radius 3 is 2.78 bits per heavy atom. The molecule has 32 heavy (non-hydrogen) atoms. The Labute approximate surface area is 188 Å². The second kappa shape index (κ2) is 10.0. The van der Waals surface area contributed by atoms with Crippen molar-refractivity contribution in [2.24, 2.45) is 12.0 Å². The lowest BCUT2D eigenvalue weighted by Crippen LogP contribution is -2.57. The number of nitrogens with zero attached hydrogens (tertiary/aromatic N) is 5. The van der Waals surface area contributed by atoms with Gasteiger partial charge in [0, 0.05) is 82.6 Å². The summed E-state index contributed by atoms with van der Waals surface area (Å²) in [6.45, 7) is 4.89. The molecule has 3 aliphatic rings. The average molecular weight is 445 g/mol. The zero-order valence-electron chi connectivity index (χ0n) is 18.5. The van der Waals surface area contributed by atoms with Crippen molar-refractivity contribution in [1.82, 2.24) is 24.9 Å². The van der Waals surface area contributed by atoms with Gasteiger partial charge in [0.1, 0.15) is 6.17 Å². The van der Waals surface area contributed by atoms with Crippen molar-refractivity contribution in [2.75, 3.05) is 39.3 Å². The van der Waals surface area contributed by atoms with E-state index in [4.69, 9.17) is 15.9 Å². The third-order valence-electron chi connectivity index (χ3n) is 6.64. The van der Waals surface area contributed by atoms with E-state index in [-0.39, 0.29) is 30.9 Å². The molecule has 0 saturated carbocycles. The predicted molar refractivity (Wildman–Crippen MR) is 123 cm³/mol. The van der Waals surface area contributed by atoms with Gasteiger partial charge in [-0.1, -0.05) is 6.08 Å². The largest absolute Gasteiger partial charge is 0.396 e. The molecule has 9 nitrogen and oxygen atoms in total. The first-order chi connectivity index (χ1) is 15.5. The summed E-state index contributed by atoms with van der Waals surface area (Å²) < 4.78 is 16.4. The monoisotopic (exact) mass is 444 g/mol. The molecule has 0 radical (unpaired) electrons. The Bertz CT molecular complexity index is 888. The van der Waals surface area contributed by atoms with E-state index >= 15 is 0 Å². The summed E-state index contributed by atoms with van der Waals surface area (Å²) in [4.78, 5) is 9.22. The van der Waals surface area contributed by atoms with Crippen LogP contribution in [0.1, 0.15) is 30.7 Å². The third-order valence-corrected chi connectivity index (χ3v) is 6.64. The van der Waals surface area contributed by atoms with E-state index in [9.17, 15) is 4.39 Å². The van der Waals surface area contributed by atoms with Gasteiger partial charge in [-0.2, -0.15) is 5.10 Å². The highest BCUT2D eigenvalue weighted by atomic mass is 19.1. The molecule has 0 aromatic carbocycles. The Morgan fingerprint density at radius 1 is 1.31 bits per heavy atom. The van der Waals surface area contributed by atoms with Crippen LogP contribution in [0.25, 0.3) is 0 Å². The number of piperazine rings is 1. The maximum absolute atomic E-state index is 14.7. The van der Waals surface area contributed by atoms with Crippen LogP contribution in [-0.4, -0.2) is 100 Å². The minimum atomic E-state index is -1.19. The lowest BCUT2D eigenvalue weighted by atomic mass is 9.81. The van der Waals surface area contributed by atoms with Gasteiger partial charge < -0.3 is 26.1 Å². The number of nitrogens with one attached hydrogen (secondary N) is 3. The lowest BCUT2D eigenvalue weighted by molar-refractivity contribution is 0.0799. The summed E-state index contributed by atoms with van der Waals surface area (Å²) in [6.07, 6.45) is 7.20. The highest BCUT2D eigenvalue weighted by Gasteiger charge is 2.35. The second-order valence-electron chi connectivity index (χ2n) is 8.83. The summed E-state index contributed by atoms with van der Waals surface area (Å²) in [5, 5.41) is 33.6. The maximum atomic E-state index is 14.7. The number of aryl methyl sites for hydroxylation is 1. The summed E-state index contributed by atoms with van der Waals surface area (Å²) in [7, 11) is 1.80. The Kier molecular flexibility index (Phi) is 7.12. The van der Waals surface area contributed by atoms with Gasteiger partial charge in [-0.25, -0.2) is 4.39 Å². The smallest absolute Gasteiger partial charge is 0.116 e. The molecule has 4 rings (SSSR count). The highest BCUT2D eigenvalue weighted by molar-refractivity contribution is 6.24. The number of aromatic nitrogens is 2. The van der Waals surface area contributed by atoms with E-state index in [0.29, 0.717) is 17.7 Å². The van der Waals surface area contributed by atoms with E-state index in [1.54, 1.807) is 36.5 Å². The first kappa shape index (κ1) is 22.8. The first-order valence-corrected chi connectivity index (χ1v) is 11.3. The molecule has 2 aliphatic heterocycles. The Morgan fingerprint density at radius 2 is 2.09 bits per heavy atom. The van der Waals surface area contributed by atoms with Gasteiger partial charge >= 0.3 is 0 Å². The van der Waals surface area contributed by atoms with Crippen molar-refractivity contribution in [3.63, 3.8) is 0 Å². The number of aliphatic hydroxyl groups excluding tert-OH is 1. The summed E-state index contributed by atoms with van der Waals surface area (Å²) in [5.41, 5.74) is 1.73. The molecule has 0 amide bonds. The van der Waals surface area contributed by atoms with Crippen LogP contribution in [0.2, 0.25) is 0 Å². The second-order valence-corrected chi connectivity index (χ2v) is 8.83. The van der Waals surface area contributed by atoms with E-state index in [1.807, 2.05) is 0 Å². The van der Waals surface area contributed by atoms with Crippen LogP contribution in [-0.2, 0) is 7.05 Å². The third kappa shape index (κ3) is 4.97. The van der Waals surface area contributed by atoms with Gasteiger partial charge in [0.05, 0.1) is 30.5 Å². The van der Waals surface area contributed by atoms with Crippen LogP contribution >= 0.6 is 0 Å². The number of halogens is 1. The quantitative estimate of drug-likeness (QED) is 0.467. The van der Waals surface area contributed by atoms with Crippen LogP contribution in [0.4, 0.5) is 4.39 Å². The van der Waals surface area contributed by atoms with Crippen molar-refractivity contribution in [1.29, 1.82) is 10.8 Å². The molecular weight excluding hydrogens is 411 g/mol. The molecule has 3 heterocycles. The number of allylic oxidation sites excluding steroid dienone is 1. The molecular formula is C22H33FN8O. The van der Waals surface area contributed by atoms with Crippen molar-refractivity contribution >= 4 is 17.8 Å². The normalized spacial score (nSPS) is 29.6. The van der Waals surface area contributed by atoms with Gasteiger partial charge in [-0.3, -0.25) is 14.6 Å². The minimum absolute atomic E-state index is 0.00167. The fourth-order valence-electron chi connectivity index (χ4n) is 4.76. The number of hydrogen-bond donors (Lipinski definition) is 4. The molecule has 1 aliphatic carbocycles. The Balaban J connectivity index is 1.42. The van der Waals surface area contributed by atoms with Crippen LogP contribution in [0, 0.1) is 10.8 Å². The molecule has 0 spiro atoms. The van der Waals surface area contributed by atoms with Gasteiger partial charge in [0.15, 0.2) is 0 Å². The van der Waals surface area contributed by atoms with Crippen molar-refractivity contribution in [3.8, 4) is 0 Å². The van der Waals surface area contributed by atoms with E-state index < -0.39 is 12.1 Å². The molecule has 4 unspecified atom stereocenters. The number of hydrogen-bond acceptors (Lipinski definition) is 8. The molecule has 1 aromatic heterocycles. The summed E-state index contributed by atoms with van der Waals surface area (Å²) in [6, 6.07) is -0.356. The van der Waals surface area contributed by atoms with Gasteiger partial charge in [0.25, 0.3) is 0 Å². The minimum Gasteiger partial charge on any atom is -0.396 e. The van der Waals surface area contributed by atoms with E-state index in [1.165, 1.54) is 0 Å². The fraction of sp³-hybridized carbons (Fsp3) is 0.636. The average Bonchev–Trinajstić information content (AvgIpc) is 3.23. The molecule has 4 atom stereocenters. The predicted octanol–water partition coefficient (Wildman–Crippen LogP) is 0.928. The topological polar surface area (TPSA) is 117 Å². The molecule has 4 N–H and O–H groups in total. The van der Waals surface area contributed by atoms with E-state index in [2.05, 4.69) is 25.2 Å². The van der Waals surface area contributed by atoms with Crippen LogP contribution in [0.3, 0.4) is 0 Å². The van der Waals surface area contributed by atoms with Crippen LogP contribution in [0.5, 0.6) is 0 Å². The molecule has 174 valence electrons. The zero-order valence-corrected chi connectivity index (χ0v) is 18.5. The number of alkyl halides is 1. The number of rotatable bonds is 7. The SMILES string of the molecule is Cn1cc(C2C=C(C(=N)C3CC(N4CCN(CCCO)CC4)NC=N3)C(=N)CC2F)cn1. The maximum Gasteiger partial charge on any atom is 0.116 e. The van der Waals surface area contributed by atoms with Crippen molar-refractivity contribution in [3.05, 3.63) is 29.6 Å². The molecule has 1 aromatic rings. The van der Waals surface area contributed by atoms with Gasteiger partial charge in [-0.05, 0) is 12.0 Å². The van der Waals surface area contributed by atoms with Crippen LogP contribution < -0.4 is 5.32 Å². The standard InChI is InChI=1S/C22H33FN8O/c1-29-13-15(12-28-29)16-9-17(19(24)10-18(16)23)22(25)20-11-21(27-14-26-20)31-6-4-30(5-7-31)3-2-8-32/h9,12-14,16,18,20-21,24-25,32H,2-8,10-11H2,1H3,(H,26,27). The number of aliphatic imine (C=N–C) groups is 1. The van der Waals surface area contributed by atoms with E-state index in [0.717, 1.165) is 44.7 Å².